The molecule has 0 bridgehead atoms. The largest absolute Gasteiger partial charge is 0.388 e. The zero-order valence-corrected chi connectivity index (χ0v) is 11.2. The summed E-state index contributed by atoms with van der Waals surface area (Å²) in [6, 6.07) is 16.9. The van der Waals surface area contributed by atoms with Crippen LogP contribution in [0, 0.1) is 0 Å². The molecule has 0 fully saturated rings. The van der Waals surface area contributed by atoms with E-state index in [0.29, 0.717) is 0 Å². The fourth-order valence-corrected chi connectivity index (χ4v) is 2.66. The minimum atomic E-state index is -0.343. The number of nitrogens with zero attached hydrogens (tertiary/aromatic N) is 1. The van der Waals surface area contributed by atoms with Crippen LogP contribution in [-0.2, 0) is 13.1 Å². The molecule has 2 heteroatoms. The zero-order valence-electron chi connectivity index (χ0n) is 11.2. The summed E-state index contributed by atoms with van der Waals surface area (Å²) in [5.41, 5.74) is 5.06. The minimum absolute atomic E-state index is 0.343. The van der Waals surface area contributed by atoms with Crippen LogP contribution in [-0.4, -0.2) is 5.11 Å². The quantitative estimate of drug-likeness (QED) is 0.902. The van der Waals surface area contributed by atoms with Gasteiger partial charge in [-0.1, -0.05) is 43.3 Å². The Morgan fingerprint density at radius 3 is 2.11 bits per heavy atom. The second-order valence-corrected chi connectivity index (χ2v) is 5.14. The van der Waals surface area contributed by atoms with Gasteiger partial charge in [-0.2, -0.15) is 0 Å². The maximum Gasteiger partial charge on any atom is 0.0787 e. The van der Waals surface area contributed by atoms with Gasteiger partial charge in [0.05, 0.1) is 6.10 Å². The van der Waals surface area contributed by atoms with Crippen LogP contribution in [0.1, 0.15) is 36.1 Å². The molecule has 0 unspecified atom stereocenters. The molecule has 3 rings (SSSR count). The predicted molar refractivity (Wildman–Crippen MR) is 78.0 cm³/mol. The minimum Gasteiger partial charge on any atom is -0.388 e. The highest BCUT2D eigenvalue weighted by atomic mass is 16.3. The number of rotatable bonds is 3. The van der Waals surface area contributed by atoms with Gasteiger partial charge in [0, 0.05) is 18.8 Å². The van der Waals surface area contributed by atoms with Crippen LogP contribution in [0.25, 0.3) is 0 Å². The fraction of sp³-hybridized carbons (Fsp3) is 0.294. The lowest BCUT2D eigenvalue weighted by molar-refractivity contribution is 0.173. The van der Waals surface area contributed by atoms with Crippen LogP contribution in [0.2, 0.25) is 0 Å². The number of benzene rings is 2. The highest BCUT2D eigenvalue weighted by Crippen LogP contribution is 2.29. The van der Waals surface area contributed by atoms with Gasteiger partial charge in [0.15, 0.2) is 0 Å². The van der Waals surface area contributed by atoms with E-state index in [2.05, 4.69) is 41.3 Å². The van der Waals surface area contributed by atoms with Crippen LogP contribution < -0.4 is 4.90 Å². The standard InChI is InChI=1S/C17H19NO/c1-2-17(19)13-7-9-16(10-8-13)18-11-14-5-3-4-6-15(14)12-18/h3-10,17,19H,2,11-12H2,1H3/t17-/m0/s1. The summed E-state index contributed by atoms with van der Waals surface area (Å²) < 4.78 is 0. The van der Waals surface area contributed by atoms with E-state index in [1.54, 1.807) is 0 Å². The lowest BCUT2D eigenvalue weighted by atomic mass is 10.1. The van der Waals surface area contributed by atoms with E-state index < -0.39 is 0 Å². The summed E-state index contributed by atoms with van der Waals surface area (Å²) in [6.07, 6.45) is 0.416. The molecule has 0 radical (unpaired) electrons. The van der Waals surface area contributed by atoms with Crippen molar-refractivity contribution in [3.63, 3.8) is 0 Å². The summed E-state index contributed by atoms with van der Waals surface area (Å²) in [5, 5.41) is 9.81. The third-order valence-electron chi connectivity index (χ3n) is 3.87. The molecule has 0 aromatic heterocycles. The molecular weight excluding hydrogens is 234 g/mol. The van der Waals surface area contributed by atoms with Crippen molar-refractivity contribution >= 4 is 5.69 Å². The van der Waals surface area contributed by atoms with Crippen molar-refractivity contribution in [1.29, 1.82) is 0 Å². The summed E-state index contributed by atoms with van der Waals surface area (Å²) >= 11 is 0. The van der Waals surface area contributed by atoms with Gasteiger partial charge < -0.3 is 10.0 Å². The molecule has 0 spiro atoms. The van der Waals surface area contributed by atoms with Gasteiger partial charge in [-0.05, 0) is 35.2 Å². The van der Waals surface area contributed by atoms with E-state index in [1.165, 1.54) is 16.8 Å². The van der Waals surface area contributed by atoms with Gasteiger partial charge in [0.1, 0.15) is 0 Å². The Bertz CT molecular complexity index is 537. The number of aliphatic hydroxyl groups is 1. The average Bonchev–Trinajstić information content (AvgIpc) is 2.90. The van der Waals surface area contributed by atoms with Crippen molar-refractivity contribution < 1.29 is 5.11 Å². The highest BCUT2D eigenvalue weighted by Gasteiger charge is 2.18. The Labute approximate surface area is 114 Å². The van der Waals surface area contributed by atoms with Crippen LogP contribution in [0.4, 0.5) is 5.69 Å². The molecule has 2 aromatic carbocycles. The van der Waals surface area contributed by atoms with Crippen LogP contribution in [0.15, 0.2) is 48.5 Å². The summed E-state index contributed by atoms with van der Waals surface area (Å²) in [6.45, 7) is 3.95. The maximum atomic E-state index is 9.81. The first-order chi connectivity index (χ1) is 9.28. The first-order valence-electron chi connectivity index (χ1n) is 6.87. The molecule has 0 aliphatic carbocycles. The monoisotopic (exact) mass is 253 g/mol. The number of anilines is 1. The smallest absolute Gasteiger partial charge is 0.0787 e. The molecular formula is C17H19NO. The zero-order chi connectivity index (χ0) is 13.2. The Kier molecular flexibility index (Phi) is 3.26. The Morgan fingerprint density at radius 2 is 1.58 bits per heavy atom. The van der Waals surface area contributed by atoms with Crippen LogP contribution in [0.5, 0.6) is 0 Å². The van der Waals surface area contributed by atoms with Gasteiger partial charge in [-0.15, -0.1) is 0 Å². The van der Waals surface area contributed by atoms with E-state index in [9.17, 15) is 5.11 Å². The third-order valence-corrected chi connectivity index (χ3v) is 3.87. The third kappa shape index (κ3) is 2.36. The van der Waals surface area contributed by atoms with Gasteiger partial charge in [-0.3, -0.25) is 0 Å². The molecule has 1 heterocycles. The first-order valence-corrected chi connectivity index (χ1v) is 6.87. The van der Waals surface area contributed by atoms with Gasteiger partial charge >= 0.3 is 0 Å². The molecule has 1 aliphatic rings. The van der Waals surface area contributed by atoms with Gasteiger partial charge in [0.2, 0.25) is 0 Å². The maximum absolute atomic E-state index is 9.81. The normalized spacial score (nSPS) is 15.4. The predicted octanol–water partition coefficient (Wildman–Crippen LogP) is 3.65. The van der Waals surface area contributed by atoms with Crippen LogP contribution >= 0.6 is 0 Å². The Hall–Kier alpha value is -1.80. The van der Waals surface area contributed by atoms with Crippen molar-refractivity contribution in [3.05, 3.63) is 65.2 Å². The second kappa shape index (κ2) is 5.06. The molecule has 1 N–H and O–H groups in total. The van der Waals surface area contributed by atoms with Crippen molar-refractivity contribution in [2.75, 3.05) is 4.90 Å². The number of fused-ring (bicyclic) bond motifs is 1. The summed E-state index contributed by atoms with van der Waals surface area (Å²) in [7, 11) is 0. The van der Waals surface area contributed by atoms with E-state index >= 15 is 0 Å². The molecule has 98 valence electrons. The number of aliphatic hydroxyl groups excluding tert-OH is 1. The average molecular weight is 253 g/mol. The highest BCUT2D eigenvalue weighted by molar-refractivity contribution is 5.52. The lowest BCUT2D eigenvalue weighted by Crippen LogP contribution is -2.14. The second-order valence-electron chi connectivity index (χ2n) is 5.14. The van der Waals surface area contributed by atoms with Gasteiger partial charge in [-0.25, -0.2) is 0 Å². The van der Waals surface area contributed by atoms with Gasteiger partial charge in [0.25, 0.3) is 0 Å². The fourth-order valence-electron chi connectivity index (χ4n) is 2.66. The summed E-state index contributed by atoms with van der Waals surface area (Å²) in [4.78, 5) is 2.37. The molecule has 19 heavy (non-hydrogen) atoms. The molecule has 2 nitrogen and oxygen atoms in total. The Morgan fingerprint density at radius 1 is 1.00 bits per heavy atom. The van der Waals surface area contributed by atoms with Crippen molar-refractivity contribution in [2.24, 2.45) is 0 Å². The number of hydrogen-bond donors (Lipinski definition) is 1. The molecule has 1 aliphatic heterocycles. The van der Waals surface area contributed by atoms with Crippen molar-refractivity contribution in [3.8, 4) is 0 Å². The molecule has 1 atom stereocenters. The van der Waals surface area contributed by atoms with E-state index in [0.717, 1.165) is 25.1 Å². The van der Waals surface area contributed by atoms with E-state index in [-0.39, 0.29) is 6.10 Å². The van der Waals surface area contributed by atoms with Crippen molar-refractivity contribution in [1.82, 2.24) is 0 Å². The Balaban J connectivity index is 1.78. The lowest BCUT2D eigenvalue weighted by Gasteiger charge is -2.18. The van der Waals surface area contributed by atoms with E-state index in [1.807, 2.05) is 19.1 Å². The van der Waals surface area contributed by atoms with Crippen LogP contribution in [0.3, 0.4) is 0 Å². The SMILES string of the molecule is CC[C@H](O)c1ccc(N2Cc3ccccc3C2)cc1. The molecule has 0 amide bonds. The van der Waals surface area contributed by atoms with Crippen molar-refractivity contribution in [2.45, 2.75) is 32.5 Å². The van der Waals surface area contributed by atoms with E-state index in [4.69, 9.17) is 0 Å². The molecule has 2 aromatic rings. The number of hydrogen-bond acceptors (Lipinski definition) is 2. The molecule has 0 saturated heterocycles. The topological polar surface area (TPSA) is 23.5 Å². The first kappa shape index (κ1) is 12.2. The molecule has 0 saturated carbocycles. The summed E-state index contributed by atoms with van der Waals surface area (Å²) in [5.74, 6) is 0.